The van der Waals surface area contributed by atoms with Crippen LogP contribution in [0.3, 0.4) is 0 Å². The Morgan fingerprint density at radius 3 is 2.23 bits per heavy atom. The van der Waals surface area contributed by atoms with E-state index in [0.29, 0.717) is 11.3 Å². The van der Waals surface area contributed by atoms with Gasteiger partial charge in [-0.05, 0) is 42.0 Å². The minimum absolute atomic E-state index is 0.00366. The lowest BCUT2D eigenvalue weighted by molar-refractivity contribution is 0.201. The molecule has 0 aliphatic rings. The zero-order valence-electron chi connectivity index (χ0n) is 13.6. The average molecular weight is 360 g/mol. The highest BCUT2D eigenvalue weighted by atomic mass is 19.1. The molecule has 3 rings (SSSR count). The molecule has 1 aromatic heterocycles. The zero-order valence-corrected chi connectivity index (χ0v) is 13.6. The summed E-state index contributed by atoms with van der Waals surface area (Å²) < 4.78 is 45.0. The second kappa shape index (κ2) is 7.77. The quantitative estimate of drug-likeness (QED) is 0.701. The van der Waals surface area contributed by atoms with Gasteiger partial charge in [0.1, 0.15) is 23.2 Å². The van der Waals surface area contributed by atoms with Crippen molar-refractivity contribution in [2.24, 2.45) is 0 Å². The number of urea groups is 1. The molecule has 2 amide bonds. The van der Waals surface area contributed by atoms with Gasteiger partial charge < -0.3 is 14.6 Å². The molecule has 0 fully saturated rings. The van der Waals surface area contributed by atoms with Crippen LogP contribution in [0.1, 0.15) is 11.3 Å². The smallest absolute Gasteiger partial charge is 0.322 e. The van der Waals surface area contributed by atoms with Crippen LogP contribution in [0, 0.1) is 17.5 Å². The van der Waals surface area contributed by atoms with E-state index in [1.54, 1.807) is 24.3 Å². The Balaban J connectivity index is 1.79. The summed E-state index contributed by atoms with van der Waals surface area (Å²) >= 11 is 0. The number of halogens is 3. The van der Waals surface area contributed by atoms with E-state index in [4.69, 9.17) is 4.42 Å². The molecule has 0 spiro atoms. The normalized spacial score (nSPS) is 10.6. The number of furan rings is 1. The maximum Gasteiger partial charge on any atom is 0.322 e. The fourth-order valence-corrected chi connectivity index (χ4v) is 2.43. The number of nitrogens with one attached hydrogen (secondary N) is 1. The highest BCUT2D eigenvalue weighted by molar-refractivity contribution is 5.89. The number of rotatable bonds is 5. The molecule has 0 saturated heterocycles. The number of carbonyl (C=O) groups excluding carboxylic acids is 1. The predicted octanol–water partition coefficient (Wildman–Crippen LogP) is 4.93. The van der Waals surface area contributed by atoms with E-state index in [2.05, 4.69) is 5.32 Å². The van der Waals surface area contributed by atoms with Gasteiger partial charge in [-0.2, -0.15) is 0 Å². The summed E-state index contributed by atoms with van der Waals surface area (Å²) in [6.07, 6.45) is 1.48. The molecule has 0 unspecified atom stereocenters. The van der Waals surface area contributed by atoms with Crippen molar-refractivity contribution in [1.82, 2.24) is 4.90 Å². The first kappa shape index (κ1) is 17.6. The van der Waals surface area contributed by atoms with Crippen molar-refractivity contribution in [3.63, 3.8) is 0 Å². The lowest BCUT2D eigenvalue weighted by Crippen LogP contribution is -2.34. The first-order valence-electron chi connectivity index (χ1n) is 7.78. The first-order chi connectivity index (χ1) is 12.5. The Kier molecular flexibility index (Phi) is 5.26. The molecule has 2 aromatic carbocycles. The predicted molar refractivity (Wildman–Crippen MR) is 89.7 cm³/mol. The number of benzene rings is 2. The van der Waals surface area contributed by atoms with E-state index in [-0.39, 0.29) is 24.6 Å². The molecular formula is C19H15F3N2O2. The van der Waals surface area contributed by atoms with Crippen molar-refractivity contribution in [3.05, 3.63) is 89.6 Å². The second-order valence-electron chi connectivity index (χ2n) is 5.65. The summed E-state index contributed by atoms with van der Waals surface area (Å²) in [5, 5.41) is 2.46. The van der Waals surface area contributed by atoms with Crippen LogP contribution >= 0.6 is 0 Å². The van der Waals surface area contributed by atoms with Gasteiger partial charge in [-0.3, -0.25) is 0 Å². The molecule has 3 aromatic rings. The largest absolute Gasteiger partial charge is 0.467 e. The lowest BCUT2D eigenvalue weighted by atomic mass is 10.2. The highest BCUT2D eigenvalue weighted by Gasteiger charge is 2.17. The molecule has 7 heteroatoms. The van der Waals surface area contributed by atoms with Crippen molar-refractivity contribution in [2.45, 2.75) is 13.1 Å². The average Bonchev–Trinajstić information content (AvgIpc) is 3.08. The third-order valence-electron chi connectivity index (χ3n) is 3.61. The summed E-state index contributed by atoms with van der Waals surface area (Å²) in [6, 6.07) is 11.3. The van der Waals surface area contributed by atoms with Crippen LogP contribution in [0.15, 0.2) is 65.3 Å². The molecule has 0 bridgehead atoms. The molecule has 1 heterocycles. The molecule has 1 N–H and O–H groups in total. The molecule has 134 valence electrons. The van der Waals surface area contributed by atoms with Gasteiger partial charge in [0.15, 0.2) is 0 Å². The van der Waals surface area contributed by atoms with Crippen molar-refractivity contribution in [3.8, 4) is 0 Å². The number of hydrogen-bond acceptors (Lipinski definition) is 2. The number of hydrogen-bond donors (Lipinski definition) is 1. The molecule has 0 radical (unpaired) electrons. The van der Waals surface area contributed by atoms with Crippen molar-refractivity contribution in [1.29, 1.82) is 0 Å². The summed E-state index contributed by atoms with van der Waals surface area (Å²) in [5.74, 6) is -1.44. The van der Waals surface area contributed by atoms with Crippen LogP contribution in [0.25, 0.3) is 0 Å². The Bertz CT molecular complexity index is 860. The number of amides is 2. The summed E-state index contributed by atoms with van der Waals surface area (Å²) in [4.78, 5) is 14.0. The standard InChI is InChI=1S/C19H15F3N2O2/c20-14-5-3-13(4-6-14)11-24(12-18-2-1-7-26-18)19(25)23-17-9-15(21)8-16(22)10-17/h1-10H,11-12H2,(H,23,25). The number of anilines is 1. The monoisotopic (exact) mass is 360 g/mol. The minimum Gasteiger partial charge on any atom is -0.467 e. The van der Waals surface area contributed by atoms with Gasteiger partial charge in [-0.1, -0.05) is 12.1 Å². The van der Waals surface area contributed by atoms with Gasteiger partial charge in [0.25, 0.3) is 0 Å². The van der Waals surface area contributed by atoms with E-state index in [9.17, 15) is 18.0 Å². The van der Waals surface area contributed by atoms with Crippen molar-refractivity contribution in [2.75, 3.05) is 5.32 Å². The lowest BCUT2D eigenvalue weighted by Gasteiger charge is -2.22. The van der Waals surface area contributed by atoms with Gasteiger partial charge >= 0.3 is 6.03 Å². The van der Waals surface area contributed by atoms with Crippen LogP contribution in [0.2, 0.25) is 0 Å². The van der Waals surface area contributed by atoms with Crippen LogP contribution in [-0.2, 0) is 13.1 Å². The van der Waals surface area contributed by atoms with Crippen LogP contribution < -0.4 is 5.32 Å². The third-order valence-corrected chi connectivity index (χ3v) is 3.61. The number of nitrogens with zero attached hydrogens (tertiary/aromatic N) is 1. The Labute approximate surface area is 147 Å². The van der Waals surface area contributed by atoms with E-state index >= 15 is 0 Å². The maximum atomic E-state index is 13.3. The highest BCUT2D eigenvalue weighted by Crippen LogP contribution is 2.16. The third kappa shape index (κ3) is 4.66. The van der Waals surface area contributed by atoms with E-state index in [0.717, 1.165) is 18.2 Å². The van der Waals surface area contributed by atoms with Gasteiger partial charge in [0.2, 0.25) is 0 Å². The zero-order chi connectivity index (χ0) is 18.5. The molecule has 4 nitrogen and oxygen atoms in total. The molecule has 0 aliphatic heterocycles. The fourth-order valence-electron chi connectivity index (χ4n) is 2.43. The van der Waals surface area contributed by atoms with Gasteiger partial charge in [0.05, 0.1) is 12.8 Å². The number of carbonyl (C=O) groups is 1. The Hall–Kier alpha value is -3.22. The molecule has 26 heavy (non-hydrogen) atoms. The van der Waals surface area contributed by atoms with Crippen LogP contribution in [0.4, 0.5) is 23.7 Å². The van der Waals surface area contributed by atoms with Crippen LogP contribution in [-0.4, -0.2) is 10.9 Å². The van der Waals surface area contributed by atoms with E-state index < -0.39 is 17.7 Å². The first-order valence-corrected chi connectivity index (χ1v) is 7.78. The SMILES string of the molecule is O=C(Nc1cc(F)cc(F)c1)N(Cc1ccc(F)cc1)Cc1ccco1. The summed E-state index contributed by atoms with van der Waals surface area (Å²) in [7, 11) is 0. The molecule has 0 saturated carbocycles. The fraction of sp³-hybridized carbons (Fsp3) is 0.105. The topological polar surface area (TPSA) is 45.5 Å². The van der Waals surface area contributed by atoms with E-state index in [1.807, 2.05) is 0 Å². The van der Waals surface area contributed by atoms with Gasteiger partial charge in [-0.25, -0.2) is 18.0 Å². The van der Waals surface area contributed by atoms with Crippen molar-refractivity contribution >= 4 is 11.7 Å². The Morgan fingerprint density at radius 2 is 1.62 bits per heavy atom. The van der Waals surface area contributed by atoms with Gasteiger partial charge in [-0.15, -0.1) is 0 Å². The second-order valence-corrected chi connectivity index (χ2v) is 5.65. The molecule has 0 aliphatic carbocycles. The molecule has 0 atom stereocenters. The maximum absolute atomic E-state index is 13.3. The van der Waals surface area contributed by atoms with E-state index in [1.165, 1.54) is 23.3 Å². The summed E-state index contributed by atoms with van der Waals surface area (Å²) in [6.45, 7) is 0.290. The summed E-state index contributed by atoms with van der Waals surface area (Å²) in [5.41, 5.74) is 0.689. The Morgan fingerprint density at radius 1 is 0.923 bits per heavy atom. The molecular weight excluding hydrogens is 345 g/mol. The van der Waals surface area contributed by atoms with Crippen LogP contribution in [0.5, 0.6) is 0 Å². The van der Waals surface area contributed by atoms with Gasteiger partial charge in [0, 0.05) is 18.3 Å². The van der Waals surface area contributed by atoms with Crippen molar-refractivity contribution < 1.29 is 22.4 Å². The minimum atomic E-state index is -0.795.